The van der Waals surface area contributed by atoms with Gasteiger partial charge < -0.3 is 4.74 Å². The number of rotatable bonds is 2. The Labute approximate surface area is 139 Å². The van der Waals surface area contributed by atoms with Gasteiger partial charge in [-0.15, -0.1) is 0 Å². The predicted octanol–water partition coefficient (Wildman–Crippen LogP) is 2.20. The zero-order valence-corrected chi connectivity index (χ0v) is 13.8. The molecule has 6 heteroatoms. The number of aromatic nitrogens is 3. The highest BCUT2D eigenvalue weighted by molar-refractivity contribution is 5.37. The quantitative estimate of drug-likeness (QED) is 0.785. The summed E-state index contributed by atoms with van der Waals surface area (Å²) in [4.78, 5) is 19.0. The number of ether oxygens (including phenoxy) is 1. The Morgan fingerprint density at radius 1 is 1.29 bits per heavy atom. The number of hydrogen-bond donors (Lipinski definition) is 1. The van der Waals surface area contributed by atoms with Gasteiger partial charge in [0.05, 0.1) is 5.69 Å². The molecule has 1 aliphatic rings. The third kappa shape index (κ3) is 2.80. The molecule has 4 rings (SSSR count). The van der Waals surface area contributed by atoms with E-state index >= 15 is 0 Å². The van der Waals surface area contributed by atoms with Crippen molar-refractivity contribution in [3.63, 3.8) is 0 Å². The summed E-state index contributed by atoms with van der Waals surface area (Å²) in [6.45, 7) is 6.31. The second-order valence-electron chi connectivity index (χ2n) is 6.86. The van der Waals surface area contributed by atoms with Gasteiger partial charge in [-0.1, -0.05) is 18.2 Å². The Morgan fingerprint density at radius 3 is 3.00 bits per heavy atom. The van der Waals surface area contributed by atoms with Crippen LogP contribution in [0.15, 0.2) is 47.4 Å². The zero-order chi connectivity index (χ0) is 16.7. The van der Waals surface area contributed by atoms with Gasteiger partial charge in [0.25, 0.3) is 5.56 Å². The molecule has 24 heavy (non-hydrogen) atoms. The number of fused-ring (bicyclic) bond motifs is 2. The van der Waals surface area contributed by atoms with Crippen molar-refractivity contribution >= 4 is 5.65 Å². The zero-order valence-electron chi connectivity index (χ0n) is 13.8. The minimum atomic E-state index is -0.306. The van der Waals surface area contributed by atoms with Crippen LogP contribution in [0.1, 0.15) is 25.1 Å². The van der Waals surface area contributed by atoms with Crippen LogP contribution in [0.3, 0.4) is 0 Å². The molecule has 0 bridgehead atoms. The van der Waals surface area contributed by atoms with Crippen LogP contribution in [0, 0.1) is 0 Å². The Morgan fingerprint density at radius 2 is 2.12 bits per heavy atom. The second kappa shape index (κ2) is 5.49. The van der Waals surface area contributed by atoms with Gasteiger partial charge in [0, 0.05) is 43.5 Å². The summed E-state index contributed by atoms with van der Waals surface area (Å²) in [5.74, 6) is 0.930. The van der Waals surface area contributed by atoms with Crippen molar-refractivity contribution in [2.24, 2.45) is 0 Å². The first-order chi connectivity index (χ1) is 11.5. The summed E-state index contributed by atoms with van der Waals surface area (Å²) >= 11 is 0. The standard InChI is InChI=1S/C18H20N4O2/c1-18(2)12-21(10-13-5-3-4-6-15(13)24-18)11-14-9-17(23)22-16(20-14)7-8-19-22/h3-9,19H,10-12H2,1-2H3. The van der Waals surface area contributed by atoms with Gasteiger partial charge in [-0.05, 0) is 19.9 Å². The summed E-state index contributed by atoms with van der Waals surface area (Å²) in [7, 11) is 0. The van der Waals surface area contributed by atoms with Crippen LogP contribution in [-0.4, -0.2) is 31.6 Å². The van der Waals surface area contributed by atoms with Gasteiger partial charge >= 0.3 is 0 Å². The lowest BCUT2D eigenvalue weighted by molar-refractivity contribution is 0.0678. The summed E-state index contributed by atoms with van der Waals surface area (Å²) in [6, 6.07) is 11.5. The first kappa shape index (κ1) is 15.0. The van der Waals surface area contributed by atoms with Gasteiger partial charge in [0.2, 0.25) is 0 Å². The van der Waals surface area contributed by atoms with Crippen LogP contribution in [-0.2, 0) is 13.1 Å². The molecule has 2 aromatic heterocycles. The molecule has 1 N–H and O–H groups in total. The van der Waals surface area contributed by atoms with E-state index in [9.17, 15) is 4.79 Å². The molecule has 0 unspecified atom stereocenters. The summed E-state index contributed by atoms with van der Waals surface area (Å²) in [6.07, 6.45) is 1.71. The Bertz CT molecular complexity index is 941. The van der Waals surface area contributed by atoms with E-state index in [4.69, 9.17) is 4.74 Å². The summed E-state index contributed by atoms with van der Waals surface area (Å²) in [5, 5.41) is 2.86. The van der Waals surface area contributed by atoms with Crippen molar-refractivity contribution < 1.29 is 4.74 Å². The molecule has 0 amide bonds. The molecule has 0 saturated heterocycles. The van der Waals surface area contributed by atoms with Crippen LogP contribution in [0.5, 0.6) is 5.75 Å². The molecule has 0 saturated carbocycles. The maximum absolute atomic E-state index is 12.1. The molecule has 124 valence electrons. The highest BCUT2D eigenvalue weighted by Crippen LogP contribution is 2.29. The fraction of sp³-hybridized carbons (Fsp3) is 0.333. The first-order valence-corrected chi connectivity index (χ1v) is 8.06. The average molecular weight is 324 g/mol. The number of nitrogens with zero attached hydrogens (tertiary/aromatic N) is 3. The molecule has 3 heterocycles. The fourth-order valence-corrected chi connectivity index (χ4v) is 3.30. The maximum Gasteiger partial charge on any atom is 0.272 e. The van der Waals surface area contributed by atoms with E-state index in [0.717, 1.165) is 30.1 Å². The van der Waals surface area contributed by atoms with E-state index in [-0.39, 0.29) is 11.2 Å². The first-order valence-electron chi connectivity index (χ1n) is 8.06. The van der Waals surface area contributed by atoms with Gasteiger partial charge in [-0.25, -0.2) is 9.50 Å². The number of benzene rings is 1. The Balaban J connectivity index is 1.66. The minimum Gasteiger partial charge on any atom is -0.486 e. The third-order valence-electron chi connectivity index (χ3n) is 4.18. The topological polar surface area (TPSA) is 62.6 Å². The monoisotopic (exact) mass is 324 g/mol. The van der Waals surface area contributed by atoms with E-state index in [1.165, 1.54) is 4.52 Å². The SMILES string of the molecule is CC1(C)CN(Cc2cc(=O)n3[nH]ccc3n2)Cc2ccccc2O1. The van der Waals surface area contributed by atoms with Crippen molar-refractivity contribution in [2.45, 2.75) is 32.5 Å². The van der Waals surface area contributed by atoms with Crippen LogP contribution in [0.4, 0.5) is 0 Å². The fourth-order valence-electron chi connectivity index (χ4n) is 3.30. The molecule has 1 aromatic carbocycles. The lowest BCUT2D eigenvalue weighted by atomic mass is 10.1. The number of nitrogens with one attached hydrogen (secondary N) is 1. The van der Waals surface area contributed by atoms with E-state index in [2.05, 4.69) is 34.9 Å². The van der Waals surface area contributed by atoms with Crippen LogP contribution >= 0.6 is 0 Å². The normalized spacial score (nSPS) is 17.2. The molecule has 0 fully saturated rings. The van der Waals surface area contributed by atoms with Gasteiger partial charge in [-0.3, -0.25) is 14.8 Å². The molecule has 6 nitrogen and oxygen atoms in total. The lowest BCUT2D eigenvalue weighted by Gasteiger charge is -2.29. The number of H-pyrrole nitrogens is 1. The summed E-state index contributed by atoms with van der Waals surface area (Å²) < 4.78 is 7.60. The van der Waals surface area contributed by atoms with Crippen LogP contribution in [0.25, 0.3) is 5.65 Å². The highest BCUT2D eigenvalue weighted by atomic mass is 16.5. The van der Waals surface area contributed by atoms with Crippen molar-refractivity contribution in [1.29, 1.82) is 0 Å². The highest BCUT2D eigenvalue weighted by Gasteiger charge is 2.29. The van der Waals surface area contributed by atoms with Gasteiger partial charge in [0.15, 0.2) is 5.65 Å². The van der Waals surface area contributed by atoms with Crippen molar-refractivity contribution in [1.82, 2.24) is 19.5 Å². The van der Waals surface area contributed by atoms with E-state index in [1.807, 2.05) is 18.2 Å². The molecule has 0 aliphatic carbocycles. The third-order valence-corrected chi connectivity index (χ3v) is 4.18. The smallest absolute Gasteiger partial charge is 0.272 e. The van der Waals surface area contributed by atoms with Gasteiger partial charge in [-0.2, -0.15) is 0 Å². The Kier molecular flexibility index (Phi) is 3.42. The van der Waals surface area contributed by atoms with Crippen molar-refractivity contribution in [3.8, 4) is 5.75 Å². The molecular weight excluding hydrogens is 304 g/mol. The molecule has 0 spiro atoms. The predicted molar refractivity (Wildman–Crippen MR) is 91.1 cm³/mol. The summed E-state index contributed by atoms with van der Waals surface area (Å²) in [5.41, 5.74) is 2.17. The average Bonchev–Trinajstić information content (AvgIpc) is 2.92. The van der Waals surface area contributed by atoms with Crippen LogP contribution < -0.4 is 10.3 Å². The molecule has 0 radical (unpaired) electrons. The molecule has 0 atom stereocenters. The van der Waals surface area contributed by atoms with Gasteiger partial charge in [0.1, 0.15) is 11.4 Å². The van der Waals surface area contributed by atoms with Crippen molar-refractivity contribution in [3.05, 3.63) is 64.2 Å². The number of hydrogen-bond acceptors (Lipinski definition) is 4. The minimum absolute atomic E-state index is 0.0919. The molecule has 3 aromatic rings. The molecule has 1 aliphatic heterocycles. The van der Waals surface area contributed by atoms with E-state index < -0.39 is 0 Å². The van der Waals surface area contributed by atoms with Crippen molar-refractivity contribution in [2.75, 3.05) is 6.54 Å². The van der Waals surface area contributed by atoms with E-state index in [1.54, 1.807) is 18.3 Å². The molecular formula is C18H20N4O2. The maximum atomic E-state index is 12.1. The Hall–Kier alpha value is -2.60. The number of aromatic amines is 1. The lowest BCUT2D eigenvalue weighted by Crippen LogP contribution is -2.40. The number of para-hydroxylation sites is 1. The second-order valence-corrected chi connectivity index (χ2v) is 6.86. The van der Waals surface area contributed by atoms with E-state index in [0.29, 0.717) is 12.2 Å². The largest absolute Gasteiger partial charge is 0.486 e. The van der Waals surface area contributed by atoms with Crippen LogP contribution in [0.2, 0.25) is 0 Å².